The lowest BCUT2D eigenvalue weighted by Gasteiger charge is -2.08. The van der Waals surface area contributed by atoms with Crippen LogP contribution in [-0.2, 0) is 11.2 Å². The molecule has 0 aliphatic rings. The SMILES string of the molecule is O=C(Cc1csc(Nc2ccccc2)n1)Nc1cccc2ccccc12. The standard InChI is InChI=1S/C21H17N3OS/c25-20(24-19-12-6-8-15-7-4-5-11-18(15)19)13-17-14-26-21(23-17)22-16-9-2-1-3-10-16/h1-12,14H,13H2,(H,22,23)(H,24,25). The summed E-state index contributed by atoms with van der Waals surface area (Å²) in [5, 5.41) is 11.1. The van der Waals surface area contributed by atoms with E-state index in [9.17, 15) is 4.79 Å². The molecule has 0 saturated carbocycles. The summed E-state index contributed by atoms with van der Waals surface area (Å²) in [5.41, 5.74) is 2.56. The van der Waals surface area contributed by atoms with Gasteiger partial charge in [0.05, 0.1) is 12.1 Å². The molecule has 0 fully saturated rings. The minimum absolute atomic E-state index is 0.0714. The van der Waals surface area contributed by atoms with E-state index in [-0.39, 0.29) is 12.3 Å². The summed E-state index contributed by atoms with van der Waals surface area (Å²) < 4.78 is 0. The molecule has 0 aliphatic carbocycles. The lowest BCUT2D eigenvalue weighted by Crippen LogP contribution is -2.14. The first-order valence-corrected chi connectivity index (χ1v) is 9.20. The van der Waals surface area contributed by atoms with E-state index in [1.54, 1.807) is 0 Å². The number of benzene rings is 3. The van der Waals surface area contributed by atoms with Crippen molar-refractivity contribution >= 4 is 44.5 Å². The Morgan fingerprint density at radius 3 is 2.58 bits per heavy atom. The zero-order valence-electron chi connectivity index (χ0n) is 14.0. The van der Waals surface area contributed by atoms with Crippen molar-refractivity contribution < 1.29 is 4.79 Å². The van der Waals surface area contributed by atoms with Gasteiger partial charge in [-0.05, 0) is 23.6 Å². The molecule has 2 N–H and O–H groups in total. The van der Waals surface area contributed by atoms with Crippen molar-refractivity contribution in [1.82, 2.24) is 4.98 Å². The maximum absolute atomic E-state index is 12.4. The molecule has 0 radical (unpaired) electrons. The number of thiazole rings is 1. The molecule has 4 nitrogen and oxygen atoms in total. The fourth-order valence-corrected chi connectivity index (χ4v) is 3.51. The van der Waals surface area contributed by atoms with Gasteiger partial charge < -0.3 is 10.6 Å². The highest BCUT2D eigenvalue weighted by Crippen LogP contribution is 2.24. The summed E-state index contributed by atoms with van der Waals surface area (Å²) in [4.78, 5) is 16.9. The Bertz CT molecular complexity index is 1040. The van der Waals surface area contributed by atoms with E-state index in [4.69, 9.17) is 0 Å². The lowest BCUT2D eigenvalue weighted by molar-refractivity contribution is -0.115. The van der Waals surface area contributed by atoms with Crippen LogP contribution in [0, 0.1) is 0 Å². The summed E-state index contributed by atoms with van der Waals surface area (Å²) in [5.74, 6) is -0.0714. The van der Waals surface area contributed by atoms with Crippen LogP contribution in [0.25, 0.3) is 10.8 Å². The number of hydrogen-bond donors (Lipinski definition) is 2. The Kier molecular flexibility index (Phi) is 4.62. The van der Waals surface area contributed by atoms with Gasteiger partial charge in [-0.1, -0.05) is 54.6 Å². The monoisotopic (exact) mass is 359 g/mol. The highest BCUT2D eigenvalue weighted by atomic mass is 32.1. The van der Waals surface area contributed by atoms with Crippen LogP contribution in [0.4, 0.5) is 16.5 Å². The van der Waals surface area contributed by atoms with E-state index in [1.165, 1.54) is 11.3 Å². The van der Waals surface area contributed by atoms with E-state index < -0.39 is 0 Å². The number of hydrogen-bond acceptors (Lipinski definition) is 4. The largest absolute Gasteiger partial charge is 0.332 e. The number of fused-ring (bicyclic) bond motifs is 1. The molecule has 128 valence electrons. The molecule has 4 rings (SSSR count). The van der Waals surface area contributed by atoms with Crippen molar-refractivity contribution in [1.29, 1.82) is 0 Å². The molecule has 1 aromatic heterocycles. The predicted octanol–water partition coefficient (Wildman–Crippen LogP) is 5.22. The Morgan fingerprint density at radius 2 is 1.69 bits per heavy atom. The molecule has 0 spiro atoms. The van der Waals surface area contributed by atoms with Crippen LogP contribution in [0.2, 0.25) is 0 Å². The first-order chi connectivity index (χ1) is 12.8. The van der Waals surface area contributed by atoms with Gasteiger partial charge in [-0.15, -0.1) is 11.3 Å². The Morgan fingerprint density at radius 1 is 0.923 bits per heavy atom. The topological polar surface area (TPSA) is 54.0 Å². The molecule has 0 saturated heterocycles. The van der Waals surface area contributed by atoms with Crippen LogP contribution in [0.15, 0.2) is 78.2 Å². The van der Waals surface area contributed by atoms with Crippen molar-refractivity contribution in [3.63, 3.8) is 0 Å². The summed E-state index contributed by atoms with van der Waals surface area (Å²) in [6.45, 7) is 0. The van der Waals surface area contributed by atoms with Gasteiger partial charge in [0.15, 0.2) is 5.13 Å². The third kappa shape index (κ3) is 3.73. The summed E-state index contributed by atoms with van der Waals surface area (Å²) in [6, 6.07) is 23.8. The van der Waals surface area contributed by atoms with Crippen LogP contribution in [0.1, 0.15) is 5.69 Å². The average molecular weight is 359 g/mol. The maximum Gasteiger partial charge on any atom is 0.230 e. The molecule has 1 heterocycles. The molecule has 4 aromatic rings. The summed E-state index contributed by atoms with van der Waals surface area (Å²) in [6.07, 6.45) is 0.246. The van der Waals surface area contributed by atoms with Gasteiger partial charge in [-0.25, -0.2) is 4.98 Å². The van der Waals surface area contributed by atoms with Crippen LogP contribution >= 0.6 is 11.3 Å². The molecule has 0 bridgehead atoms. The number of nitrogens with one attached hydrogen (secondary N) is 2. The van der Waals surface area contributed by atoms with Crippen molar-refractivity contribution in [3.05, 3.63) is 83.9 Å². The Hall–Kier alpha value is -3.18. The number of carbonyl (C=O) groups excluding carboxylic acids is 1. The highest BCUT2D eigenvalue weighted by Gasteiger charge is 2.10. The van der Waals surface area contributed by atoms with Gasteiger partial charge in [0, 0.05) is 22.1 Å². The second-order valence-corrected chi connectivity index (χ2v) is 6.74. The molecule has 3 aromatic carbocycles. The third-order valence-corrected chi connectivity index (χ3v) is 4.79. The van der Waals surface area contributed by atoms with Crippen LogP contribution in [0.5, 0.6) is 0 Å². The number of carbonyl (C=O) groups is 1. The van der Waals surface area contributed by atoms with Crippen molar-refractivity contribution in [3.8, 4) is 0 Å². The van der Waals surface area contributed by atoms with Gasteiger partial charge >= 0.3 is 0 Å². The van der Waals surface area contributed by atoms with Crippen LogP contribution in [-0.4, -0.2) is 10.9 Å². The van der Waals surface area contributed by atoms with Gasteiger partial charge in [0.2, 0.25) is 5.91 Å². The number of aromatic nitrogens is 1. The smallest absolute Gasteiger partial charge is 0.230 e. The minimum Gasteiger partial charge on any atom is -0.332 e. The average Bonchev–Trinajstić information content (AvgIpc) is 3.09. The van der Waals surface area contributed by atoms with E-state index >= 15 is 0 Å². The Labute approximate surface area is 155 Å². The van der Waals surface area contributed by atoms with Crippen LogP contribution < -0.4 is 10.6 Å². The molecule has 0 atom stereocenters. The number of nitrogens with zero attached hydrogens (tertiary/aromatic N) is 1. The zero-order valence-corrected chi connectivity index (χ0v) is 14.8. The number of amides is 1. The first-order valence-electron chi connectivity index (χ1n) is 8.32. The normalized spacial score (nSPS) is 10.6. The number of anilines is 3. The molecular formula is C21H17N3OS. The second-order valence-electron chi connectivity index (χ2n) is 5.89. The molecule has 0 aliphatic heterocycles. The van der Waals surface area contributed by atoms with E-state index in [2.05, 4.69) is 15.6 Å². The number of para-hydroxylation sites is 1. The quantitative estimate of drug-likeness (QED) is 0.513. The van der Waals surface area contributed by atoms with Crippen molar-refractivity contribution in [2.75, 3.05) is 10.6 Å². The first kappa shape index (κ1) is 16.3. The van der Waals surface area contributed by atoms with Gasteiger partial charge in [0.1, 0.15) is 0 Å². The van der Waals surface area contributed by atoms with Crippen LogP contribution in [0.3, 0.4) is 0 Å². The lowest BCUT2D eigenvalue weighted by atomic mass is 10.1. The van der Waals surface area contributed by atoms with E-state index in [0.29, 0.717) is 0 Å². The predicted molar refractivity (Wildman–Crippen MR) is 108 cm³/mol. The van der Waals surface area contributed by atoms with Crippen molar-refractivity contribution in [2.24, 2.45) is 0 Å². The molecule has 26 heavy (non-hydrogen) atoms. The maximum atomic E-state index is 12.4. The minimum atomic E-state index is -0.0714. The summed E-state index contributed by atoms with van der Waals surface area (Å²) >= 11 is 1.49. The van der Waals surface area contributed by atoms with Gasteiger partial charge in [-0.2, -0.15) is 0 Å². The highest BCUT2D eigenvalue weighted by molar-refractivity contribution is 7.13. The Balaban J connectivity index is 1.44. The number of rotatable bonds is 5. The second kappa shape index (κ2) is 7.37. The van der Waals surface area contributed by atoms with Gasteiger partial charge in [-0.3, -0.25) is 4.79 Å². The molecular weight excluding hydrogens is 342 g/mol. The van der Waals surface area contributed by atoms with E-state index in [0.717, 1.165) is 33.0 Å². The van der Waals surface area contributed by atoms with E-state index in [1.807, 2.05) is 78.2 Å². The molecule has 5 heteroatoms. The van der Waals surface area contributed by atoms with Crippen molar-refractivity contribution in [2.45, 2.75) is 6.42 Å². The molecule has 0 unspecified atom stereocenters. The van der Waals surface area contributed by atoms with Gasteiger partial charge in [0.25, 0.3) is 0 Å². The zero-order chi connectivity index (χ0) is 17.8. The fourth-order valence-electron chi connectivity index (χ4n) is 2.78. The summed E-state index contributed by atoms with van der Waals surface area (Å²) in [7, 11) is 0. The third-order valence-electron chi connectivity index (χ3n) is 3.98. The molecule has 1 amide bonds. The fraction of sp³-hybridized carbons (Fsp3) is 0.0476.